The van der Waals surface area contributed by atoms with Gasteiger partial charge in [0.1, 0.15) is 0 Å². The maximum atomic E-state index is 11.8. The van der Waals surface area contributed by atoms with Gasteiger partial charge in [-0.05, 0) is 12.3 Å². The molecule has 2 saturated heterocycles. The summed E-state index contributed by atoms with van der Waals surface area (Å²) in [7, 11) is 0. The second kappa shape index (κ2) is 6.93. The molecule has 0 aliphatic carbocycles. The molecule has 5 nitrogen and oxygen atoms in total. The van der Waals surface area contributed by atoms with Crippen molar-refractivity contribution < 1.29 is 14.3 Å². The normalized spacial score (nSPS) is 25.2. The Kier molecular flexibility index (Phi) is 5.22. The van der Waals surface area contributed by atoms with Gasteiger partial charge in [-0.25, -0.2) is 0 Å². The Bertz CT molecular complexity index is 236. The Balaban J connectivity index is 1.53. The van der Waals surface area contributed by atoms with Crippen LogP contribution >= 0.6 is 0 Å². The van der Waals surface area contributed by atoms with Gasteiger partial charge in [-0.3, -0.25) is 4.79 Å². The maximum absolute atomic E-state index is 11.8. The van der Waals surface area contributed by atoms with E-state index in [-0.39, 0.29) is 5.91 Å². The fourth-order valence-corrected chi connectivity index (χ4v) is 2.22. The zero-order chi connectivity index (χ0) is 11.9. The van der Waals surface area contributed by atoms with Gasteiger partial charge >= 0.3 is 0 Å². The first-order valence-electron chi connectivity index (χ1n) is 6.50. The van der Waals surface area contributed by atoms with Crippen LogP contribution in [0.3, 0.4) is 0 Å². The van der Waals surface area contributed by atoms with E-state index in [9.17, 15) is 4.79 Å². The summed E-state index contributed by atoms with van der Waals surface area (Å²) in [5.41, 5.74) is 0. The lowest BCUT2D eigenvalue weighted by Gasteiger charge is -2.26. The first-order valence-corrected chi connectivity index (χ1v) is 6.50. The van der Waals surface area contributed by atoms with Crippen LogP contribution in [0, 0.1) is 5.92 Å². The molecule has 0 aromatic carbocycles. The minimum atomic E-state index is 0.239. The average Bonchev–Trinajstić information content (AvgIpc) is 2.88. The fourth-order valence-electron chi connectivity index (χ4n) is 2.22. The lowest BCUT2D eigenvalue weighted by Crippen LogP contribution is -2.41. The van der Waals surface area contributed by atoms with Crippen LogP contribution in [0.5, 0.6) is 0 Å². The van der Waals surface area contributed by atoms with Gasteiger partial charge in [-0.1, -0.05) is 0 Å². The Hall–Kier alpha value is -0.650. The summed E-state index contributed by atoms with van der Waals surface area (Å²) in [6.45, 7) is 6.34. The molecular weight excluding hydrogens is 220 g/mol. The van der Waals surface area contributed by atoms with Crippen LogP contribution in [-0.2, 0) is 14.3 Å². The van der Waals surface area contributed by atoms with Crippen LogP contribution < -0.4 is 5.32 Å². The summed E-state index contributed by atoms with van der Waals surface area (Å²) >= 11 is 0. The number of nitrogens with zero attached hydrogens (tertiary/aromatic N) is 1. The number of hydrogen-bond donors (Lipinski definition) is 1. The maximum Gasteiger partial charge on any atom is 0.224 e. The fraction of sp³-hybridized carbons (Fsp3) is 0.917. The number of carbonyl (C=O) groups excluding carboxylic acids is 1. The van der Waals surface area contributed by atoms with Crippen molar-refractivity contribution in [2.24, 2.45) is 5.92 Å². The topological polar surface area (TPSA) is 50.8 Å². The predicted octanol–water partition coefficient (Wildman–Crippen LogP) is -0.139. The van der Waals surface area contributed by atoms with E-state index in [1.54, 1.807) is 0 Å². The van der Waals surface area contributed by atoms with Crippen LogP contribution in [0.4, 0.5) is 0 Å². The highest BCUT2D eigenvalue weighted by Crippen LogP contribution is 2.10. The molecule has 2 aliphatic rings. The van der Waals surface area contributed by atoms with Gasteiger partial charge in [0, 0.05) is 39.2 Å². The Labute approximate surface area is 102 Å². The van der Waals surface area contributed by atoms with Gasteiger partial charge in [-0.2, -0.15) is 0 Å². The molecule has 0 spiro atoms. The highest BCUT2D eigenvalue weighted by Gasteiger charge is 2.17. The van der Waals surface area contributed by atoms with Gasteiger partial charge < -0.3 is 19.7 Å². The molecule has 98 valence electrons. The molecule has 0 bridgehead atoms. The Morgan fingerprint density at radius 3 is 2.76 bits per heavy atom. The minimum absolute atomic E-state index is 0.239. The summed E-state index contributed by atoms with van der Waals surface area (Å²) in [4.78, 5) is 13.7. The quantitative estimate of drug-likeness (QED) is 0.682. The first kappa shape index (κ1) is 12.8. The van der Waals surface area contributed by atoms with E-state index in [2.05, 4.69) is 5.32 Å². The Morgan fingerprint density at radius 2 is 2.06 bits per heavy atom. The monoisotopic (exact) mass is 242 g/mol. The number of rotatable bonds is 5. The standard InChI is InChI=1S/C12H22N2O3/c15-12(14-4-7-16-8-5-14)1-3-13-9-11-2-6-17-10-11/h11,13H,1-10H2. The summed E-state index contributed by atoms with van der Waals surface area (Å²) in [5.74, 6) is 0.872. The molecule has 5 heteroatoms. The molecule has 1 amide bonds. The first-order chi connectivity index (χ1) is 8.36. The van der Waals surface area contributed by atoms with Crippen LogP contribution in [-0.4, -0.2) is 63.4 Å². The number of ether oxygens (including phenoxy) is 2. The van der Waals surface area contributed by atoms with Crippen LogP contribution in [0.1, 0.15) is 12.8 Å². The zero-order valence-corrected chi connectivity index (χ0v) is 10.3. The predicted molar refractivity (Wildman–Crippen MR) is 63.8 cm³/mol. The average molecular weight is 242 g/mol. The Morgan fingerprint density at radius 1 is 1.24 bits per heavy atom. The van der Waals surface area contributed by atoms with E-state index in [0.717, 1.165) is 45.8 Å². The van der Waals surface area contributed by atoms with Gasteiger partial charge in [0.15, 0.2) is 0 Å². The molecule has 2 rings (SSSR count). The van der Waals surface area contributed by atoms with Gasteiger partial charge in [0.05, 0.1) is 19.8 Å². The van der Waals surface area contributed by atoms with E-state index in [1.165, 1.54) is 0 Å². The van der Waals surface area contributed by atoms with Crippen LogP contribution in [0.25, 0.3) is 0 Å². The molecule has 0 aromatic rings. The van der Waals surface area contributed by atoms with E-state index in [4.69, 9.17) is 9.47 Å². The molecule has 1 atom stereocenters. The number of nitrogens with one attached hydrogen (secondary N) is 1. The number of hydrogen-bond acceptors (Lipinski definition) is 4. The number of carbonyl (C=O) groups is 1. The number of amides is 1. The molecule has 0 aromatic heterocycles. The lowest BCUT2D eigenvalue weighted by molar-refractivity contribution is -0.135. The van der Waals surface area contributed by atoms with Crippen molar-refractivity contribution in [2.45, 2.75) is 12.8 Å². The van der Waals surface area contributed by atoms with E-state index in [0.29, 0.717) is 25.6 Å². The molecular formula is C12H22N2O3. The molecule has 0 radical (unpaired) electrons. The van der Waals surface area contributed by atoms with Gasteiger partial charge in [0.2, 0.25) is 5.91 Å². The second-order valence-electron chi connectivity index (χ2n) is 4.68. The van der Waals surface area contributed by atoms with Crippen molar-refractivity contribution in [3.8, 4) is 0 Å². The smallest absolute Gasteiger partial charge is 0.224 e. The number of morpholine rings is 1. The highest BCUT2D eigenvalue weighted by molar-refractivity contribution is 5.76. The SMILES string of the molecule is O=C(CCNCC1CCOC1)N1CCOCC1. The third kappa shape index (κ3) is 4.26. The third-order valence-corrected chi connectivity index (χ3v) is 3.34. The van der Waals surface area contributed by atoms with Crippen LogP contribution in [0.2, 0.25) is 0 Å². The summed E-state index contributed by atoms with van der Waals surface area (Å²) in [6.07, 6.45) is 1.73. The molecule has 1 N–H and O–H groups in total. The second-order valence-corrected chi connectivity index (χ2v) is 4.68. The van der Waals surface area contributed by atoms with Gasteiger partial charge in [0.25, 0.3) is 0 Å². The van der Waals surface area contributed by atoms with Crippen molar-refractivity contribution >= 4 is 5.91 Å². The third-order valence-electron chi connectivity index (χ3n) is 3.34. The minimum Gasteiger partial charge on any atom is -0.381 e. The van der Waals surface area contributed by atoms with Crippen molar-refractivity contribution in [3.63, 3.8) is 0 Å². The van der Waals surface area contributed by atoms with Gasteiger partial charge in [-0.15, -0.1) is 0 Å². The molecule has 2 aliphatic heterocycles. The summed E-state index contributed by atoms with van der Waals surface area (Å²) in [5, 5.41) is 3.34. The van der Waals surface area contributed by atoms with E-state index < -0.39 is 0 Å². The van der Waals surface area contributed by atoms with Crippen LogP contribution in [0.15, 0.2) is 0 Å². The molecule has 1 unspecified atom stereocenters. The molecule has 0 saturated carbocycles. The van der Waals surface area contributed by atoms with E-state index >= 15 is 0 Å². The zero-order valence-electron chi connectivity index (χ0n) is 10.3. The summed E-state index contributed by atoms with van der Waals surface area (Å²) in [6, 6.07) is 0. The molecule has 17 heavy (non-hydrogen) atoms. The van der Waals surface area contributed by atoms with Crippen molar-refractivity contribution in [1.29, 1.82) is 0 Å². The van der Waals surface area contributed by atoms with Crippen molar-refractivity contribution in [3.05, 3.63) is 0 Å². The molecule has 2 fully saturated rings. The summed E-state index contributed by atoms with van der Waals surface area (Å²) < 4.78 is 10.5. The largest absolute Gasteiger partial charge is 0.381 e. The van der Waals surface area contributed by atoms with E-state index in [1.807, 2.05) is 4.90 Å². The van der Waals surface area contributed by atoms with Crippen molar-refractivity contribution in [1.82, 2.24) is 10.2 Å². The molecule has 2 heterocycles. The highest BCUT2D eigenvalue weighted by atomic mass is 16.5. The lowest BCUT2D eigenvalue weighted by atomic mass is 10.1. The van der Waals surface area contributed by atoms with Crippen molar-refractivity contribution in [2.75, 3.05) is 52.6 Å².